The molecule has 0 aromatic carbocycles. The lowest BCUT2D eigenvalue weighted by atomic mass is 9.86. The molecule has 4 heteroatoms. The normalized spacial score (nSPS) is 25.9. The summed E-state index contributed by atoms with van der Waals surface area (Å²) in [6.07, 6.45) is 7.37. The first-order valence-electron chi connectivity index (χ1n) is 7.24. The lowest BCUT2D eigenvalue weighted by Gasteiger charge is -2.26. The van der Waals surface area contributed by atoms with Gasteiger partial charge in [0.05, 0.1) is 12.5 Å². The first-order chi connectivity index (χ1) is 9.30. The predicted molar refractivity (Wildman–Crippen MR) is 77.7 cm³/mol. The van der Waals surface area contributed by atoms with E-state index in [0.29, 0.717) is 6.42 Å². The van der Waals surface area contributed by atoms with Crippen LogP contribution in [0.15, 0.2) is 0 Å². The Balaban J connectivity index is 2.71. The molecule has 1 aliphatic rings. The summed E-state index contributed by atoms with van der Waals surface area (Å²) in [5.74, 6) is 1.90. The molecule has 0 aromatic heterocycles. The van der Waals surface area contributed by atoms with Crippen LogP contribution in [0, 0.1) is 30.1 Å². The second-order valence-corrected chi connectivity index (χ2v) is 6.32. The zero-order chi connectivity index (χ0) is 15.3. The van der Waals surface area contributed by atoms with Gasteiger partial charge in [-0.25, -0.2) is 0 Å². The van der Waals surface area contributed by atoms with Crippen molar-refractivity contribution in [3.05, 3.63) is 0 Å². The number of hydrogen-bond acceptors (Lipinski definition) is 3. The highest BCUT2D eigenvalue weighted by Gasteiger charge is 2.43. The van der Waals surface area contributed by atoms with E-state index in [2.05, 4.69) is 11.2 Å². The van der Waals surface area contributed by atoms with Gasteiger partial charge in [0.2, 0.25) is 5.91 Å². The van der Waals surface area contributed by atoms with Crippen molar-refractivity contribution in [3.63, 3.8) is 0 Å². The Labute approximate surface area is 121 Å². The predicted octanol–water partition coefficient (Wildman–Crippen LogP) is 2.13. The minimum atomic E-state index is -0.487. The van der Waals surface area contributed by atoms with Crippen LogP contribution in [0.3, 0.4) is 0 Å². The number of ether oxygens (including phenoxy) is 1. The monoisotopic (exact) mass is 279 g/mol. The number of hydrogen-bond donors (Lipinski definition) is 1. The van der Waals surface area contributed by atoms with Crippen molar-refractivity contribution in [1.82, 2.24) is 5.32 Å². The summed E-state index contributed by atoms with van der Waals surface area (Å²) in [4.78, 5) is 24.3. The summed E-state index contributed by atoms with van der Waals surface area (Å²) in [7, 11) is 0. The van der Waals surface area contributed by atoms with Crippen molar-refractivity contribution in [2.45, 2.75) is 52.6 Å². The average Bonchev–Trinajstić information content (AvgIpc) is 2.77. The number of carbonyl (C=O) groups excluding carboxylic acids is 2. The third-order valence-electron chi connectivity index (χ3n) is 3.70. The Bertz CT molecular complexity index is 403. The second-order valence-electron chi connectivity index (χ2n) is 6.32. The molecular formula is C16H25NO3. The molecule has 1 N–H and O–H groups in total. The minimum Gasteiger partial charge on any atom is -0.460 e. The highest BCUT2D eigenvalue weighted by Crippen LogP contribution is 2.40. The molecule has 3 atom stereocenters. The fourth-order valence-corrected chi connectivity index (χ4v) is 2.90. The van der Waals surface area contributed by atoms with Crippen molar-refractivity contribution >= 4 is 11.9 Å². The van der Waals surface area contributed by atoms with Gasteiger partial charge in [0.15, 0.2) is 0 Å². The molecule has 3 unspecified atom stereocenters. The van der Waals surface area contributed by atoms with Crippen LogP contribution < -0.4 is 5.32 Å². The van der Waals surface area contributed by atoms with E-state index in [4.69, 9.17) is 11.2 Å². The van der Waals surface area contributed by atoms with Crippen LogP contribution in [-0.2, 0) is 14.3 Å². The van der Waals surface area contributed by atoms with Gasteiger partial charge in [-0.15, -0.1) is 6.42 Å². The van der Waals surface area contributed by atoms with Crippen LogP contribution in [0.1, 0.15) is 47.0 Å². The number of esters is 1. The summed E-state index contributed by atoms with van der Waals surface area (Å²) in [5, 5.41) is 2.72. The first-order valence-corrected chi connectivity index (χ1v) is 7.24. The fraction of sp³-hybridized carbons (Fsp3) is 0.750. The molecule has 112 valence electrons. The Morgan fingerprint density at radius 1 is 1.30 bits per heavy atom. The maximum atomic E-state index is 12.2. The lowest BCUT2D eigenvalue weighted by molar-refractivity contribution is -0.161. The van der Waals surface area contributed by atoms with E-state index in [0.717, 1.165) is 12.8 Å². The molecule has 0 heterocycles. The number of carbonyl (C=O) groups is 2. The number of amides is 1. The highest BCUT2D eigenvalue weighted by atomic mass is 16.6. The Hall–Kier alpha value is -1.50. The maximum absolute atomic E-state index is 12.2. The van der Waals surface area contributed by atoms with E-state index in [-0.39, 0.29) is 36.2 Å². The molecule has 0 saturated heterocycles. The van der Waals surface area contributed by atoms with E-state index >= 15 is 0 Å². The van der Waals surface area contributed by atoms with Gasteiger partial charge in [-0.1, -0.05) is 19.3 Å². The van der Waals surface area contributed by atoms with E-state index in [1.54, 1.807) is 0 Å². The molecule has 20 heavy (non-hydrogen) atoms. The van der Waals surface area contributed by atoms with Gasteiger partial charge in [0.25, 0.3) is 0 Å². The fourth-order valence-electron chi connectivity index (χ4n) is 2.90. The third kappa shape index (κ3) is 4.26. The first kappa shape index (κ1) is 16.6. The lowest BCUT2D eigenvalue weighted by Crippen LogP contribution is -2.36. The van der Waals surface area contributed by atoms with Gasteiger partial charge >= 0.3 is 5.97 Å². The molecule has 1 saturated carbocycles. The highest BCUT2D eigenvalue weighted by molar-refractivity contribution is 5.82. The molecule has 1 aliphatic carbocycles. The van der Waals surface area contributed by atoms with E-state index in [1.807, 2.05) is 27.7 Å². The molecule has 0 bridgehead atoms. The van der Waals surface area contributed by atoms with Gasteiger partial charge in [-0.3, -0.25) is 9.59 Å². The molecular weight excluding hydrogens is 254 g/mol. The summed E-state index contributed by atoms with van der Waals surface area (Å²) in [5.41, 5.74) is -0.487. The molecule has 1 amide bonds. The summed E-state index contributed by atoms with van der Waals surface area (Å²) in [6, 6.07) is 0. The quantitative estimate of drug-likeness (QED) is 0.633. The molecule has 0 spiro atoms. The summed E-state index contributed by atoms with van der Waals surface area (Å²) < 4.78 is 5.46. The largest absolute Gasteiger partial charge is 0.460 e. The van der Waals surface area contributed by atoms with Crippen molar-refractivity contribution in [1.29, 1.82) is 0 Å². The van der Waals surface area contributed by atoms with Gasteiger partial charge in [-0.2, -0.15) is 0 Å². The molecule has 0 radical (unpaired) electrons. The average molecular weight is 279 g/mol. The summed E-state index contributed by atoms with van der Waals surface area (Å²) >= 11 is 0. The van der Waals surface area contributed by atoms with Gasteiger partial charge in [-0.05, 0) is 39.5 Å². The van der Waals surface area contributed by atoms with E-state index in [1.165, 1.54) is 0 Å². The zero-order valence-electron chi connectivity index (χ0n) is 12.9. The van der Waals surface area contributed by atoms with Crippen molar-refractivity contribution in [3.8, 4) is 12.3 Å². The Kier molecular flexibility index (Phi) is 5.62. The van der Waals surface area contributed by atoms with Crippen molar-refractivity contribution in [2.75, 3.05) is 6.54 Å². The maximum Gasteiger partial charge on any atom is 0.309 e. The van der Waals surface area contributed by atoms with Crippen LogP contribution >= 0.6 is 0 Å². The standard InChI is InChI=1S/C16H25NO3/c1-6-10-17-14(18)12-8-9-13(11(12)7-2)15(19)20-16(3,4)5/h1,11-13H,7-10H2,2-5H3,(H,17,18). The molecule has 0 aliphatic heterocycles. The van der Waals surface area contributed by atoms with Crippen LogP contribution in [0.4, 0.5) is 0 Å². The molecule has 4 nitrogen and oxygen atoms in total. The summed E-state index contributed by atoms with van der Waals surface area (Å²) in [6.45, 7) is 7.82. The molecule has 1 rings (SSSR count). The minimum absolute atomic E-state index is 0.0409. The van der Waals surface area contributed by atoms with Crippen LogP contribution in [0.25, 0.3) is 0 Å². The smallest absolute Gasteiger partial charge is 0.309 e. The van der Waals surface area contributed by atoms with Crippen molar-refractivity contribution in [2.24, 2.45) is 17.8 Å². The second kappa shape index (κ2) is 6.78. The van der Waals surface area contributed by atoms with Crippen LogP contribution in [0.2, 0.25) is 0 Å². The zero-order valence-corrected chi connectivity index (χ0v) is 12.9. The van der Waals surface area contributed by atoms with E-state index < -0.39 is 5.60 Å². The van der Waals surface area contributed by atoms with Gasteiger partial charge < -0.3 is 10.1 Å². The molecule has 1 fully saturated rings. The molecule has 0 aromatic rings. The van der Waals surface area contributed by atoms with Gasteiger partial charge in [0, 0.05) is 5.92 Å². The van der Waals surface area contributed by atoms with E-state index in [9.17, 15) is 9.59 Å². The van der Waals surface area contributed by atoms with Crippen molar-refractivity contribution < 1.29 is 14.3 Å². The number of rotatable bonds is 4. The number of nitrogens with one attached hydrogen (secondary N) is 1. The van der Waals surface area contributed by atoms with Crippen LogP contribution in [-0.4, -0.2) is 24.0 Å². The van der Waals surface area contributed by atoms with Gasteiger partial charge in [0.1, 0.15) is 5.60 Å². The third-order valence-corrected chi connectivity index (χ3v) is 3.70. The Morgan fingerprint density at radius 2 is 1.90 bits per heavy atom. The number of terminal acetylenes is 1. The topological polar surface area (TPSA) is 55.4 Å². The van der Waals surface area contributed by atoms with Crippen LogP contribution in [0.5, 0.6) is 0 Å². The SMILES string of the molecule is C#CCNC(=O)C1CCC(C(=O)OC(C)(C)C)C1CC. The Morgan fingerprint density at radius 3 is 2.40 bits per heavy atom.